The van der Waals surface area contributed by atoms with Crippen LogP contribution in [0.2, 0.25) is 0 Å². The van der Waals surface area contributed by atoms with Crippen LogP contribution in [0.3, 0.4) is 0 Å². The van der Waals surface area contributed by atoms with Crippen LogP contribution in [0, 0.1) is 13.8 Å². The normalized spacial score (nSPS) is 15.7. The molecule has 26 heavy (non-hydrogen) atoms. The van der Waals surface area contributed by atoms with Crippen molar-refractivity contribution >= 4 is 27.4 Å². The minimum Gasteiger partial charge on any atom is -0.395 e. The van der Waals surface area contributed by atoms with Crippen LogP contribution in [0.5, 0.6) is 0 Å². The maximum Gasteiger partial charge on any atom is 0.141 e. The summed E-state index contributed by atoms with van der Waals surface area (Å²) < 4.78 is 0. The van der Waals surface area contributed by atoms with Crippen molar-refractivity contribution in [3.8, 4) is 11.1 Å². The van der Waals surface area contributed by atoms with E-state index in [1.54, 1.807) is 17.7 Å². The van der Waals surface area contributed by atoms with Gasteiger partial charge in [-0.1, -0.05) is 29.8 Å². The van der Waals surface area contributed by atoms with Crippen LogP contribution in [0.15, 0.2) is 30.6 Å². The Morgan fingerprint density at radius 1 is 1.04 bits per heavy atom. The van der Waals surface area contributed by atoms with E-state index in [2.05, 4.69) is 57.9 Å². The number of aromatic nitrogens is 2. The summed E-state index contributed by atoms with van der Waals surface area (Å²) in [5.41, 5.74) is 3.76. The number of piperazine rings is 1. The molecular weight excluding hydrogens is 344 g/mol. The van der Waals surface area contributed by atoms with Crippen molar-refractivity contribution in [1.29, 1.82) is 0 Å². The first kappa shape index (κ1) is 17.4. The third-order valence-corrected chi connectivity index (χ3v) is 6.09. The van der Waals surface area contributed by atoms with Crippen LogP contribution in [-0.4, -0.2) is 59.3 Å². The van der Waals surface area contributed by atoms with Gasteiger partial charge in [0.15, 0.2) is 0 Å². The number of β-amino-alcohol motifs (C(OH)–C–C–N with tert-alkyl or cyclic N) is 1. The molecule has 4 rings (SSSR count). The number of hydrogen-bond donors (Lipinski definition) is 1. The van der Waals surface area contributed by atoms with Crippen LogP contribution in [-0.2, 0) is 0 Å². The van der Waals surface area contributed by atoms with Gasteiger partial charge >= 0.3 is 0 Å². The third kappa shape index (κ3) is 3.20. The summed E-state index contributed by atoms with van der Waals surface area (Å²) >= 11 is 1.74. The summed E-state index contributed by atoms with van der Waals surface area (Å²) in [6.45, 7) is 9.01. The number of thiophene rings is 1. The number of benzene rings is 1. The lowest BCUT2D eigenvalue weighted by molar-refractivity contribution is 0.188. The molecule has 0 saturated carbocycles. The molecule has 136 valence electrons. The van der Waals surface area contributed by atoms with Crippen LogP contribution in [0.1, 0.15) is 10.4 Å². The van der Waals surface area contributed by atoms with Crippen LogP contribution in [0.4, 0.5) is 5.82 Å². The highest BCUT2D eigenvalue weighted by molar-refractivity contribution is 7.19. The van der Waals surface area contributed by atoms with Gasteiger partial charge in [-0.05, 0) is 19.4 Å². The molecule has 3 heterocycles. The van der Waals surface area contributed by atoms with Crippen molar-refractivity contribution in [3.63, 3.8) is 0 Å². The molecule has 1 fully saturated rings. The highest BCUT2D eigenvalue weighted by Gasteiger charge is 2.23. The fourth-order valence-electron chi connectivity index (χ4n) is 3.66. The summed E-state index contributed by atoms with van der Waals surface area (Å²) in [5, 5.41) is 10.3. The zero-order chi connectivity index (χ0) is 18.1. The first-order valence-electron chi connectivity index (χ1n) is 9.06. The van der Waals surface area contributed by atoms with Gasteiger partial charge in [0.25, 0.3) is 0 Å². The molecule has 5 nitrogen and oxygen atoms in total. The maximum atomic E-state index is 9.15. The van der Waals surface area contributed by atoms with Gasteiger partial charge in [-0.25, -0.2) is 9.97 Å². The van der Waals surface area contributed by atoms with Crippen molar-refractivity contribution in [3.05, 3.63) is 41.0 Å². The minimum absolute atomic E-state index is 0.221. The smallest absolute Gasteiger partial charge is 0.141 e. The monoisotopic (exact) mass is 368 g/mol. The summed E-state index contributed by atoms with van der Waals surface area (Å²) in [4.78, 5) is 16.2. The van der Waals surface area contributed by atoms with Crippen LogP contribution in [0.25, 0.3) is 21.3 Å². The second-order valence-electron chi connectivity index (χ2n) is 6.83. The minimum atomic E-state index is 0.221. The number of hydrogen-bond acceptors (Lipinski definition) is 6. The summed E-state index contributed by atoms with van der Waals surface area (Å²) in [6.07, 6.45) is 1.69. The fourth-order valence-corrected chi connectivity index (χ4v) is 4.67. The lowest BCUT2D eigenvalue weighted by Crippen LogP contribution is -2.47. The van der Waals surface area contributed by atoms with Crippen LogP contribution < -0.4 is 4.90 Å². The molecule has 0 bridgehead atoms. The number of anilines is 1. The van der Waals surface area contributed by atoms with Crippen molar-refractivity contribution < 1.29 is 5.11 Å². The van der Waals surface area contributed by atoms with E-state index < -0.39 is 0 Å². The Bertz CT molecular complexity index is 898. The Kier molecular flexibility index (Phi) is 4.89. The highest BCUT2D eigenvalue weighted by Crippen LogP contribution is 2.41. The molecule has 0 radical (unpaired) electrons. The average molecular weight is 369 g/mol. The van der Waals surface area contributed by atoms with E-state index in [0.717, 1.165) is 43.4 Å². The molecule has 1 aliphatic heterocycles. The van der Waals surface area contributed by atoms with Gasteiger partial charge in [0.1, 0.15) is 17.0 Å². The van der Waals surface area contributed by atoms with E-state index in [9.17, 15) is 0 Å². The number of fused-ring (bicyclic) bond motifs is 1. The van der Waals surface area contributed by atoms with Crippen molar-refractivity contribution in [2.75, 3.05) is 44.2 Å². The predicted molar refractivity (Wildman–Crippen MR) is 108 cm³/mol. The van der Waals surface area contributed by atoms with E-state index in [4.69, 9.17) is 5.11 Å². The molecule has 0 atom stereocenters. The van der Waals surface area contributed by atoms with Gasteiger partial charge in [0.05, 0.1) is 12.0 Å². The molecule has 2 aromatic heterocycles. The summed E-state index contributed by atoms with van der Waals surface area (Å²) in [5.74, 6) is 1.04. The fraction of sp³-hybridized carbons (Fsp3) is 0.400. The standard InChI is InChI=1S/C20H24N4OS/c1-14-3-5-16(6-4-14)17-15(2)26-20-18(17)19(21-13-22-20)24-9-7-23(8-10-24)11-12-25/h3-6,13,25H,7-12H2,1-2H3. The zero-order valence-electron chi connectivity index (χ0n) is 15.3. The molecule has 6 heteroatoms. The first-order valence-corrected chi connectivity index (χ1v) is 9.88. The SMILES string of the molecule is Cc1ccc(-c2c(C)sc3ncnc(N4CCN(CCO)CC4)c23)cc1. The Labute approximate surface area is 157 Å². The second kappa shape index (κ2) is 7.31. The number of aliphatic hydroxyl groups is 1. The largest absolute Gasteiger partial charge is 0.395 e. The molecule has 1 aliphatic rings. The Morgan fingerprint density at radius 2 is 1.77 bits per heavy atom. The summed E-state index contributed by atoms with van der Waals surface area (Å²) in [7, 11) is 0. The molecule has 3 aromatic rings. The van der Waals surface area contributed by atoms with E-state index in [-0.39, 0.29) is 6.61 Å². The third-order valence-electron chi connectivity index (χ3n) is 5.07. The second-order valence-corrected chi connectivity index (χ2v) is 8.03. The zero-order valence-corrected chi connectivity index (χ0v) is 16.1. The summed E-state index contributed by atoms with van der Waals surface area (Å²) in [6, 6.07) is 8.71. The first-order chi connectivity index (χ1) is 12.7. The van der Waals surface area contributed by atoms with Gasteiger partial charge in [-0.15, -0.1) is 11.3 Å². The molecule has 0 amide bonds. The average Bonchev–Trinajstić information content (AvgIpc) is 2.99. The van der Waals surface area contributed by atoms with Crippen molar-refractivity contribution in [2.24, 2.45) is 0 Å². The molecule has 0 aliphatic carbocycles. The van der Waals surface area contributed by atoms with Gasteiger partial charge in [-0.3, -0.25) is 4.90 Å². The maximum absolute atomic E-state index is 9.15. The van der Waals surface area contributed by atoms with E-state index in [1.807, 2.05) is 0 Å². The lowest BCUT2D eigenvalue weighted by Gasteiger charge is -2.35. The van der Waals surface area contributed by atoms with Gasteiger partial charge in [-0.2, -0.15) is 0 Å². The number of rotatable bonds is 4. The predicted octanol–water partition coefficient (Wildman–Crippen LogP) is 3.09. The Balaban J connectivity index is 1.75. The van der Waals surface area contributed by atoms with E-state index in [0.29, 0.717) is 0 Å². The quantitative estimate of drug-likeness (QED) is 0.767. The molecule has 1 N–H and O–H groups in total. The van der Waals surface area contributed by atoms with E-state index >= 15 is 0 Å². The van der Waals surface area contributed by atoms with Crippen molar-refractivity contribution in [2.45, 2.75) is 13.8 Å². The number of aliphatic hydroxyl groups excluding tert-OH is 1. The van der Waals surface area contributed by atoms with E-state index in [1.165, 1.54) is 27.0 Å². The molecule has 1 saturated heterocycles. The molecule has 0 unspecified atom stereocenters. The highest BCUT2D eigenvalue weighted by atomic mass is 32.1. The topological polar surface area (TPSA) is 52.5 Å². The molecular formula is C20H24N4OS. The van der Waals surface area contributed by atoms with Gasteiger partial charge in [0, 0.05) is 43.2 Å². The van der Waals surface area contributed by atoms with Crippen LogP contribution >= 0.6 is 11.3 Å². The van der Waals surface area contributed by atoms with Gasteiger partial charge < -0.3 is 10.0 Å². The molecule has 1 aromatic carbocycles. The molecule has 0 spiro atoms. The Hall–Kier alpha value is -2.02. The number of nitrogens with zero attached hydrogens (tertiary/aromatic N) is 4. The van der Waals surface area contributed by atoms with Crippen molar-refractivity contribution in [1.82, 2.24) is 14.9 Å². The Morgan fingerprint density at radius 3 is 2.46 bits per heavy atom. The number of aryl methyl sites for hydroxylation is 2. The van der Waals surface area contributed by atoms with Gasteiger partial charge in [0.2, 0.25) is 0 Å². The lowest BCUT2D eigenvalue weighted by atomic mass is 10.0.